The number of benzene rings is 2. The average Bonchev–Trinajstić information content (AvgIpc) is 2.77. The molecule has 2 fully saturated rings. The first kappa shape index (κ1) is 22.7. The van der Waals surface area contributed by atoms with Gasteiger partial charge < -0.3 is 10.5 Å². The highest BCUT2D eigenvalue weighted by Crippen LogP contribution is 2.44. The number of hydrogen-bond donors (Lipinski definition) is 1. The quantitative estimate of drug-likeness (QED) is 0.237. The van der Waals surface area contributed by atoms with E-state index in [2.05, 4.69) is 22.6 Å². The maximum Gasteiger partial charge on any atom is 0.426 e. The largest absolute Gasteiger partial charge is 0.429 e. The lowest BCUT2D eigenvalue weighted by atomic mass is 9.70. The Hall–Kier alpha value is -1.44. The van der Waals surface area contributed by atoms with Gasteiger partial charge in [0, 0.05) is 9.99 Å². The van der Waals surface area contributed by atoms with Gasteiger partial charge in [-0.3, -0.25) is 0 Å². The van der Waals surface area contributed by atoms with Crippen LogP contribution in [0.2, 0.25) is 0 Å². The maximum atomic E-state index is 14.6. The van der Waals surface area contributed by atoms with Gasteiger partial charge in [0.05, 0.1) is 11.3 Å². The number of anilines is 1. The molecular formula is C25H29F3INO. The minimum Gasteiger partial charge on any atom is -0.429 e. The van der Waals surface area contributed by atoms with Gasteiger partial charge in [0.2, 0.25) is 0 Å². The molecule has 0 atom stereocenters. The van der Waals surface area contributed by atoms with E-state index in [0.29, 0.717) is 5.92 Å². The lowest BCUT2D eigenvalue weighted by Crippen LogP contribution is -2.25. The number of alkyl halides is 3. The predicted octanol–water partition coefficient (Wildman–Crippen LogP) is 7.80. The smallest absolute Gasteiger partial charge is 0.426 e. The van der Waals surface area contributed by atoms with E-state index in [0.717, 1.165) is 40.2 Å². The van der Waals surface area contributed by atoms with E-state index in [4.69, 9.17) is 10.5 Å². The van der Waals surface area contributed by atoms with Crippen molar-refractivity contribution in [1.29, 1.82) is 0 Å². The van der Waals surface area contributed by atoms with Gasteiger partial charge >= 0.3 is 6.11 Å². The van der Waals surface area contributed by atoms with Gasteiger partial charge in [-0.15, -0.1) is 0 Å². The van der Waals surface area contributed by atoms with Crippen molar-refractivity contribution in [3.63, 3.8) is 0 Å². The lowest BCUT2D eigenvalue weighted by molar-refractivity contribution is -0.185. The Morgan fingerprint density at radius 3 is 2.00 bits per heavy atom. The standard InChI is InChI=1S/C25H29F3INO/c26-23-15-22(13-14-24(23)30)31-25(27,28)20-9-5-18(6-10-20)16-1-3-17(4-2-16)19-7-11-21(29)12-8-19/h5-6,9-10,13-17,19,21H,1-4,7-8,11-12,30H2. The molecule has 0 amide bonds. The van der Waals surface area contributed by atoms with Crippen LogP contribution in [0.3, 0.4) is 0 Å². The molecule has 168 valence electrons. The van der Waals surface area contributed by atoms with Crippen LogP contribution in [0.25, 0.3) is 0 Å². The molecule has 31 heavy (non-hydrogen) atoms. The zero-order chi connectivity index (χ0) is 22.0. The summed E-state index contributed by atoms with van der Waals surface area (Å²) in [5.74, 6) is 1.12. The van der Waals surface area contributed by atoms with Gasteiger partial charge in [0.15, 0.2) is 0 Å². The van der Waals surface area contributed by atoms with Gasteiger partial charge in [0.25, 0.3) is 0 Å². The topological polar surface area (TPSA) is 35.2 Å². The summed E-state index contributed by atoms with van der Waals surface area (Å²) in [6, 6.07) is 9.78. The van der Waals surface area contributed by atoms with Crippen LogP contribution < -0.4 is 10.5 Å². The highest BCUT2D eigenvalue weighted by Gasteiger charge is 2.35. The van der Waals surface area contributed by atoms with E-state index in [-0.39, 0.29) is 17.0 Å². The van der Waals surface area contributed by atoms with Crippen LogP contribution in [0.5, 0.6) is 5.75 Å². The highest BCUT2D eigenvalue weighted by atomic mass is 127. The Bertz CT molecular complexity index is 873. The fourth-order valence-electron chi connectivity index (χ4n) is 5.20. The molecule has 0 bridgehead atoms. The molecule has 2 aliphatic carbocycles. The molecule has 0 aromatic heterocycles. The third kappa shape index (κ3) is 5.49. The fourth-order valence-corrected chi connectivity index (χ4v) is 5.92. The molecule has 0 radical (unpaired) electrons. The van der Waals surface area contributed by atoms with Crippen LogP contribution in [0.4, 0.5) is 18.9 Å². The molecule has 0 saturated heterocycles. The van der Waals surface area contributed by atoms with E-state index < -0.39 is 11.9 Å². The summed E-state index contributed by atoms with van der Waals surface area (Å²) in [5.41, 5.74) is 6.16. The van der Waals surface area contributed by atoms with Gasteiger partial charge in [-0.1, -0.05) is 34.7 Å². The summed E-state index contributed by atoms with van der Waals surface area (Å²) in [4.78, 5) is 0. The van der Waals surface area contributed by atoms with Gasteiger partial charge in [0.1, 0.15) is 11.6 Å². The SMILES string of the molecule is Nc1ccc(OC(F)(F)c2ccc(C3CCC(C4CCC(I)CC4)CC3)cc2)cc1F. The van der Waals surface area contributed by atoms with Crippen LogP contribution in [0.1, 0.15) is 68.4 Å². The Labute approximate surface area is 195 Å². The predicted molar refractivity (Wildman–Crippen MR) is 126 cm³/mol. The van der Waals surface area contributed by atoms with Crippen LogP contribution in [-0.4, -0.2) is 3.92 Å². The molecule has 2 aliphatic rings. The Kier molecular flexibility index (Phi) is 7.04. The summed E-state index contributed by atoms with van der Waals surface area (Å²) in [6.07, 6.45) is 6.64. The third-order valence-corrected chi connectivity index (χ3v) is 8.32. The molecule has 0 unspecified atom stereocenters. The number of nitrogen functional groups attached to an aromatic ring is 1. The molecular weight excluding hydrogens is 514 g/mol. The second-order valence-electron chi connectivity index (χ2n) is 9.05. The molecule has 2 nitrogen and oxygen atoms in total. The minimum atomic E-state index is -3.55. The summed E-state index contributed by atoms with van der Waals surface area (Å²) < 4.78 is 48.3. The van der Waals surface area contributed by atoms with Gasteiger partial charge in [-0.2, -0.15) is 8.78 Å². The minimum absolute atomic E-state index is 0.104. The van der Waals surface area contributed by atoms with Crippen molar-refractivity contribution in [2.45, 2.75) is 67.3 Å². The van der Waals surface area contributed by atoms with Crippen molar-refractivity contribution in [3.05, 3.63) is 59.4 Å². The highest BCUT2D eigenvalue weighted by molar-refractivity contribution is 14.1. The molecule has 2 aromatic carbocycles. The van der Waals surface area contributed by atoms with Crippen molar-refractivity contribution in [1.82, 2.24) is 0 Å². The molecule has 6 heteroatoms. The van der Waals surface area contributed by atoms with Crippen LogP contribution in [-0.2, 0) is 6.11 Å². The second kappa shape index (κ2) is 9.59. The van der Waals surface area contributed by atoms with Crippen molar-refractivity contribution >= 4 is 28.3 Å². The van der Waals surface area contributed by atoms with Crippen LogP contribution >= 0.6 is 22.6 Å². The van der Waals surface area contributed by atoms with Gasteiger partial charge in [-0.25, -0.2) is 4.39 Å². The number of hydrogen-bond acceptors (Lipinski definition) is 2. The van der Waals surface area contributed by atoms with Crippen molar-refractivity contribution in [2.75, 3.05) is 5.73 Å². The van der Waals surface area contributed by atoms with Crippen molar-refractivity contribution in [2.24, 2.45) is 11.8 Å². The Morgan fingerprint density at radius 2 is 1.42 bits per heavy atom. The number of nitrogens with two attached hydrogens (primary N) is 1. The zero-order valence-electron chi connectivity index (χ0n) is 17.5. The molecule has 2 saturated carbocycles. The summed E-state index contributed by atoms with van der Waals surface area (Å²) in [6.45, 7) is 0. The van der Waals surface area contributed by atoms with Crippen molar-refractivity contribution in [3.8, 4) is 5.75 Å². The van der Waals surface area contributed by atoms with E-state index >= 15 is 0 Å². The molecule has 0 spiro atoms. The fraction of sp³-hybridized carbons (Fsp3) is 0.520. The first-order valence-corrected chi connectivity index (χ1v) is 12.4. The van der Waals surface area contributed by atoms with Crippen LogP contribution in [0, 0.1) is 17.7 Å². The first-order chi connectivity index (χ1) is 14.8. The average molecular weight is 543 g/mol. The summed E-state index contributed by atoms with van der Waals surface area (Å²) in [5, 5.41) is 0. The Balaban J connectivity index is 1.35. The summed E-state index contributed by atoms with van der Waals surface area (Å²) in [7, 11) is 0. The molecule has 4 rings (SSSR count). The third-order valence-electron chi connectivity index (χ3n) is 7.08. The lowest BCUT2D eigenvalue weighted by Gasteiger charge is -2.37. The van der Waals surface area contributed by atoms with Crippen LogP contribution in [0.15, 0.2) is 42.5 Å². The molecule has 2 aromatic rings. The Morgan fingerprint density at radius 1 is 0.839 bits per heavy atom. The normalized spacial score (nSPS) is 27.1. The second-order valence-corrected chi connectivity index (χ2v) is 10.8. The number of ether oxygens (including phenoxy) is 1. The number of halogens is 4. The van der Waals surface area contributed by atoms with E-state index in [9.17, 15) is 13.2 Å². The van der Waals surface area contributed by atoms with E-state index in [1.165, 1.54) is 62.8 Å². The van der Waals surface area contributed by atoms with Crippen molar-refractivity contribution < 1.29 is 17.9 Å². The maximum absolute atomic E-state index is 14.6. The zero-order valence-corrected chi connectivity index (χ0v) is 19.7. The molecule has 2 N–H and O–H groups in total. The van der Waals surface area contributed by atoms with E-state index in [1.807, 2.05) is 0 Å². The number of rotatable bonds is 5. The first-order valence-electron chi connectivity index (χ1n) is 11.2. The summed E-state index contributed by atoms with van der Waals surface area (Å²) >= 11 is 2.58. The van der Waals surface area contributed by atoms with E-state index in [1.54, 1.807) is 12.1 Å². The van der Waals surface area contributed by atoms with Gasteiger partial charge in [-0.05, 0) is 98.9 Å². The monoisotopic (exact) mass is 543 g/mol. The molecule has 0 heterocycles. The molecule has 0 aliphatic heterocycles.